The predicted octanol–water partition coefficient (Wildman–Crippen LogP) is 18.0. The SMILES string of the molecule is c1ccc(-c2ccc(N(c3ccc(-c4ccc(-c5cccc6ccccc56)c(-c5ccccc5)c4)cc3)c3ccc(-c4ccccc4)cc3-c3ccccc3)c(-c3ccccc3)c2)cc1. The van der Waals surface area contributed by atoms with Crippen LogP contribution in [0.15, 0.2) is 273 Å². The second-order valence-corrected chi connectivity index (χ2v) is 16.5. The number of rotatable bonds is 10. The van der Waals surface area contributed by atoms with E-state index in [0.29, 0.717) is 0 Å². The highest BCUT2D eigenvalue weighted by molar-refractivity contribution is 6.02. The van der Waals surface area contributed by atoms with Crippen molar-refractivity contribution in [3.8, 4) is 77.9 Å². The van der Waals surface area contributed by atoms with Crippen LogP contribution in [0.2, 0.25) is 0 Å². The third-order valence-corrected chi connectivity index (χ3v) is 12.5. The maximum absolute atomic E-state index is 2.46. The quantitative estimate of drug-likeness (QED) is 0.133. The summed E-state index contributed by atoms with van der Waals surface area (Å²) < 4.78 is 0. The van der Waals surface area contributed by atoms with Gasteiger partial charge in [-0.15, -0.1) is 0 Å². The lowest BCUT2D eigenvalue weighted by molar-refractivity contribution is 1.28. The molecule has 0 spiro atoms. The third-order valence-electron chi connectivity index (χ3n) is 12.5. The molecule has 0 saturated heterocycles. The molecule has 0 aliphatic carbocycles. The van der Waals surface area contributed by atoms with Crippen molar-refractivity contribution in [3.63, 3.8) is 0 Å². The fourth-order valence-corrected chi connectivity index (χ4v) is 9.27. The van der Waals surface area contributed by atoms with Crippen LogP contribution in [-0.2, 0) is 0 Å². The van der Waals surface area contributed by atoms with Crippen molar-refractivity contribution in [1.82, 2.24) is 0 Å². The Kier molecular flexibility index (Phi) is 10.7. The van der Waals surface area contributed by atoms with Crippen molar-refractivity contribution in [1.29, 1.82) is 0 Å². The Morgan fingerprint density at radius 3 is 1.08 bits per heavy atom. The smallest absolute Gasteiger partial charge is 0.0540 e. The summed E-state index contributed by atoms with van der Waals surface area (Å²) in [6.07, 6.45) is 0. The van der Waals surface area contributed by atoms with Crippen molar-refractivity contribution in [2.45, 2.75) is 0 Å². The molecular formula is C64H45N. The maximum Gasteiger partial charge on any atom is 0.0540 e. The van der Waals surface area contributed by atoms with Crippen molar-refractivity contribution in [3.05, 3.63) is 273 Å². The molecule has 1 heteroatoms. The van der Waals surface area contributed by atoms with Gasteiger partial charge in [-0.05, 0) is 120 Å². The van der Waals surface area contributed by atoms with Gasteiger partial charge in [0.05, 0.1) is 11.4 Å². The van der Waals surface area contributed by atoms with E-state index in [1.807, 2.05) is 0 Å². The van der Waals surface area contributed by atoms with Gasteiger partial charge in [0.15, 0.2) is 0 Å². The maximum atomic E-state index is 2.46. The summed E-state index contributed by atoms with van der Waals surface area (Å²) in [7, 11) is 0. The molecule has 0 heterocycles. The van der Waals surface area contributed by atoms with E-state index in [-0.39, 0.29) is 0 Å². The number of hydrogen-bond donors (Lipinski definition) is 0. The summed E-state index contributed by atoms with van der Waals surface area (Å²) in [6, 6.07) is 98.9. The second-order valence-electron chi connectivity index (χ2n) is 16.5. The van der Waals surface area contributed by atoms with Gasteiger partial charge in [0, 0.05) is 16.8 Å². The largest absolute Gasteiger partial charge is 0.309 e. The lowest BCUT2D eigenvalue weighted by Crippen LogP contribution is -2.13. The molecule has 1 nitrogen and oxygen atoms in total. The van der Waals surface area contributed by atoms with Gasteiger partial charge >= 0.3 is 0 Å². The van der Waals surface area contributed by atoms with E-state index in [1.54, 1.807) is 0 Å². The molecule has 11 rings (SSSR count). The van der Waals surface area contributed by atoms with Crippen LogP contribution in [-0.4, -0.2) is 0 Å². The van der Waals surface area contributed by atoms with Crippen LogP contribution in [0.5, 0.6) is 0 Å². The van der Waals surface area contributed by atoms with E-state index in [4.69, 9.17) is 0 Å². The Hall–Kier alpha value is -8.52. The second kappa shape index (κ2) is 17.7. The zero-order valence-electron chi connectivity index (χ0n) is 35.9. The zero-order valence-corrected chi connectivity index (χ0v) is 35.9. The molecule has 0 radical (unpaired) electrons. The predicted molar refractivity (Wildman–Crippen MR) is 277 cm³/mol. The molecular weight excluding hydrogens is 783 g/mol. The molecule has 65 heavy (non-hydrogen) atoms. The number of anilines is 3. The van der Waals surface area contributed by atoms with Crippen LogP contribution in [0.25, 0.3) is 88.7 Å². The fourth-order valence-electron chi connectivity index (χ4n) is 9.27. The van der Waals surface area contributed by atoms with E-state index in [1.165, 1.54) is 60.8 Å². The average molecular weight is 828 g/mol. The topological polar surface area (TPSA) is 3.24 Å². The molecule has 0 unspecified atom stereocenters. The minimum absolute atomic E-state index is 1.07. The summed E-state index contributed by atoms with van der Waals surface area (Å²) in [5, 5.41) is 2.49. The lowest BCUT2D eigenvalue weighted by atomic mass is 9.89. The van der Waals surface area contributed by atoms with E-state index < -0.39 is 0 Å². The summed E-state index contributed by atoms with van der Waals surface area (Å²) in [5.74, 6) is 0. The van der Waals surface area contributed by atoms with Gasteiger partial charge in [0.1, 0.15) is 0 Å². The normalized spacial score (nSPS) is 11.1. The molecule has 0 N–H and O–H groups in total. The molecule has 0 saturated carbocycles. The number of fused-ring (bicyclic) bond motifs is 1. The first-order valence-corrected chi connectivity index (χ1v) is 22.3. The highest BCUT2D eigenvalue weighted by Gasteiger charge is 2.23. The van der Waals surface area contributed by atoms with Gasteiger partial charge in [-0.25, -0.2) is 0 Å². The Morgan fingerprint density at radius 1 is 0.200 bits per heavy atom. The van der Waals surface area contributed by atoms with Crippen LogP contribution in [0, 0.1) is 0 Å². The first-order chi connectivity index (χ1) is 32.2. The highest BCUT2D eigenvalue weighted by atomic mass is 15.1. The highest BCUT2D eigenvalue weighted by Crippen LogP contribution is 2.47. The van der Waals surface area contributed by atoms with Gasteiger partial charge in [-0.1, -0.05) is 231 Å². The van der Waals surface area contributed by atoms with Crippen molar-refractivity contribution >= 4 is 27.8 Å². The molecule has 0 aromatic heterocycles. The summed E-state index contributed by atoms with van der Waals surface area (Å²) in [5.41, 5.74) is 19.8. The van der Waals surface area contributed by atoms with Crippen molar-refractivity contribution < 1.29 is 0 Å². The van der Waals surface area contributed by atoms with E-state index in [9.17, 15) is 0 Å². The van der Waals surface area contributed by atoms with E-state index >= 15 is 0 Å². The molecule has 0 aliphatic rings. The molecule has 306 valence electrons. The fraction of sp³-hybridized carbons (Fsp3) is 0. The third kappa shape index (κ3) is 7.93. The molecule has 0 aliphatic heterocycles. The summed E-state index contributed by atoms with van der Waals surface area (Å²) >= 11 is 0. The van der Waals surface area contributed by atoms with Crippen LogP contribution in [0.1, 0.15) is 0 Å². The Morgan fingerprint density at radius 2 is 0.569 bits per heavy atom. The van der Waals surface area contributed by atoms with Gasteiger partial charge < -0.3 is 4.90 Å². The number of nitrogens with zero attached hydrogens (tertiary/aromatic N) is 1. The minimum Gasteiger partial charge on any atom is -0.309 e. The molecule has 0 fully saturated rings. The number of benzene rings is 11. The van der Waals surface area contributed by atoms with E-state index in [2.05, 4.69) is 278 Å². The van der Waals surface area contributed by atoms with Crippen molar-refractivity contribution in [2.24, 2.45) is 0 Å². The molecule has 0 bridgehead atoms. The average Bonchev–Trinajstić information content (AvgIpc) is 3.40. The standard InChI is InChI=1S/C64H45N/c1-6-19-46(20-7-1)54-36-41-63(61(44-54)51-25-12-4-13-26-51)65(64-42-37-55(47-21-8-2-9-22-47)45-62(64)52-27-14-5-15-28-52)56-38-33-48(34-39-56)53-35-40-59(60(43-53)50-23-10-3-11-24-50)58-32-18-30-49-29-16-17-31-57(49)58/h1-45H. The van der Waals surface area contributed by atoms with Crippen molar-refractivity contribution in [2.75, 3.05) is 4.90 Å². The molecule has 11 aromatic carbocycles. The molecule has 0 atom stereocenters. The molecule has 0 amide bonds. The summed E-state index contributed by atoms with van der Waals surface area (Å²) in [6.45, 7) is 0. The van der Waals surface area contributed by atoms with Crippen LogP contribution < -0.4 is 4.90 Å². The van der Waals surface area contributed by atoms with Gasteiger partial charge in [0.25, 0.3) is 0 Å². The zero-order chi connectivity index (χ0) is 43.4. The minimum atomic E-state index is 1.07. The first kappa shape index (κ1) is 39.3. The van der Waals surface area contributed by atoms with Crippen LogP contribution in [0.3, 0.4) is 0 Å². The monoisotopic (exact) mass is 827 g/mol. The Bertz CT molecular complexity index is 3250. The van der Waals surface area contributed by atoms with Crippen LogP contribution >= 0.6 is 0 Å². The Labute approximate surface area is 381 Å². The van der Waals surface area contributed by atoms with Gasteiger partial charge in [0.2, 0.25) is 0 Å². The summed E-state index contributed by atoms with van der Waals surface area (Å²) in [4.78, 5) is 2.46. The lowest BCUT2D eigenvalue weighted by Gasteiger charge is -2.31. The van der Waals surface area contributed by atoms with Gasteiger partial charge in [-0.3, -0.25) is 0 Å². The first-order valence-electron chi connectivity index (χ1n) is 22.3. The van der Waals surface area contributed by atoms with Gasteiger partial charge in [-0.2, -0.15) is 0 Å². The molecule has 11 aromatic rings. The number of hydrogen-bond acceptors (Lipinski definition) is 1. The Balaban J connectivity index is 1.10. The van der Waals surface area contributed by atoms with Crippen LogP contribution in [0.4, 0.5) is 17.1 Å². The van der Waals surface area contributed by atoms with E-state index in [0.717, 1.165) is 44.9 Å².